The number of methoxy groups -OCH3 is 1. The molecule has 0 aromatic heterocycles. The van der Waals surface area contributed by atoms with E-state index in [0.717, 1.165) is 25.0 Å². The molecule has 2 amide bonds. The molecule has 9 heteroatoms. The number of likely N-dealkylation sites (tertiary alicyclic amines) is 1. The molecule has 1 aromatic carbocycles. The predicted molar refractivity (Wildman–Crippen MR) is 106 cm³/mol. The smallest absolute Gasteiger partial charge is 0.410 e. The first-order valence-corrected chi connectivity index (χ1v) is 9.97. The maximum absolute atomic E-state index is 13.8. The summed E-state index contributed by atoms with van der Waals surface area (Å²) in [5.41, 5.74) is -0.137. The number of nitrogens with zero attached hydrogens (tertiary/aromatic N) is 1. The quantitative estimate of drug-likeness (QED) is 0.693. The third-order valence-electron chi connectivity index (χ3n) is 4.66. The molecule has 1 aliphatic heterocycles. The van der Waals surface area contributed by atoms with Crippen molar-refractivity contribution < 1.29 is 32.6 Å². The van der Waals surface area contributed by atoms with Crippen LogP contribution in [0.5, 0.6) is 0 Å². The molecule has 168 valence electrons. The molecule has 2 atom stereocenters. The number of nitrogens with one attached hydrogen (secondary N) is 1. The Kier molecular flexibility index (Phi) is 8.40. The number of alkyl carbamates (subject to hydrolysis) is 1. The summed E-state index contributed by atoms with van der Waals surface area (Å²) in [6.45, 7) is 6.65. The van der Waals surface area contributed by atoms with Crippen molar-refractivity contribution in [3.8, 4) is 0 Å². The summed E-state index contributed by atoms with van der Waals surface area (Å²) in [5.74, 6) is -2.05. The minimum absolute atomic E-state index is 0.141. The minimum Gasteiger partial charge on any atom is -0.453 e. The average molecular weight is 428 g/mol. The van der Waals surface area contributed by atoms with E-state index in [4.69, 9.17) is 9.47 Å². The van der Waals surface area contributed by atoms with Gasteiger partial charge in [0, 0.05) is 25.6 Å². The highest BCUT2D eigenvalue weighted by atomic mass is 19.2. The van der Waals surface area contributed by atoms with Gasteiger partial charge in [-0.05, 0) is 51.3 Å². The first kappa shape index (κ1) is 23.9. The second-order valence-electron chi connectivity index (χ2n) is 8.21. The highest BCUT2D eigenvalue weighted by molar-refractivity contribution is 5.68. The van der Waals surface area contributed by atoms with Gasteiger partial charge in [0.1, 0.15) is 5.60 Å². The Bertz CT molecular complexity index is 739. The van der Waals surface area contributed by atoms with E-state index < -0.39 is 35.5 Å². The summed E-state index contributed by atoms with van der Waals surface area (Å²) in [4.78, 5) is 25.3. The van der Waals surface area contributed by atoms with Crippen LogP contribution in [0.1, 0.15) is 45.3 Å². The third-order valence-corrected chi connectivity index (χ3v) is 4.66. The number of hydrogen-bond acceptors (Lipinski definition) is 5. The Morgan fingerprint density at radius 1 is 1.27 bits per heavy atom. The molecule has 30 heavy (non-hydrogen) atoms. The van der Waals surface area contributed by atoms with Crippen LogP contribution in [0.15, 0.2) is 18.2 Å². The number of benzene rings is 1. The molecular formula is C21H30F2N2O5. The lowest BCUT2D eigenvalue weighted by Crippen LogP contribution is -2.44. The van der Waals surface area contributed by atoms with Crippen molar-refractivity contribution in [2.75, 3.05) is 33.4 Å². The molecule has 0 saturated carbocycles. The van der Waals surface area contributed by atoms with Gasteiger partial charge in [0.2, 0.25) is 0 Å². The van der Waals surface area contributed by atoms with Gasteiger partial charge in [0.15, 0.2) is 11.6 Å². The van der Waals surface area contributed by atoms with Gasteiger partial charge in [-0.3, -0.25) is 0 Å². The monoisotopic (exact) mass is 428 g/mol. The molecule has 2 rings (SSSR count). The third kappa shape index (κ3) is 7.12. The lowest BCUT2D eigenvalue weighted by atomic mass is 9.88. The number of ether oxygens (including phenoxy) is 3. The van der Waals surface area contributed by atoms with Gasteiger partial charge in [0.25, 0.3) is 0 Å². The second-order valence-corrected chi connectivity index (χ2v) is 8.21. The number of piperidine rings is 1. The molecule has 1 heterocycles. The van der Waals surface area contributed by atoms with E-state index in [9.17, 15) is 18.4 Å². The van der Waals surface area contributed by atoms with Crippen LogP contribution >= 0.6 is 0 Å². The van der Waals surface area contributed by atoms with Crippen molar-refractivity contribution in [3.63, 3.8) is 0 Å². The number of rotatable bonds is 6. The van der Waals surface area contributed by atoms with Crippen LogP contribution < -0.4 is 5.32 Å². The number of hydrogen-bond donors (Lipinski definition) is 1. The van der Waals surface area contributed by atoms with E-state index in [1.54, 1.807) is 25.7 Å². The van der Waals surface area contributed by atoms with Gasteiger partial charge in [-0.2, -0.15) is 0 Å². The standard InChI is InChI=1S/C21H30F2N2O5/c1-21(2,3)30-20(27)25-10-5-6-15(13-25)18(29-11-9-24-19(26)28-4)14-7-8-16(22)17(23)12-14/h7-8,12,15,18H,5-6,9-11,13H2,1-4H3,(H,24,26). The molecule has 2 unspecified atom stereocenters. The van der Waals surface area contributed by atoms with Crippen molar-refractivity contribution in [2.45, 2.75) is 45.3 Å². The molecule has 1 fully saturated rings. The Balaban J connectivity index is 2.12. The maximum Gasteiger partial charge on any atom is 0.410 e. The summed E-state index contributed by atoms with van der Waals surface area (Å²) in [6.07, 6.45) is -0.105. The van der Waals surface area contributed by atoms with Crippen molar-refractivity contribution in [1.29, 1.82) is 0 Å². The van der Waals surface area contributed by atoms with Crippen LogP contribution in [0, 0.1) is 17.6 Å². The molecule has 1 aliphatic rings. The van der Waals surface area contributed by atoms with E-state index in [1.807, 2.05) is 0 Å². The van der Waals surface area contributed by atoms with Gasteiger partial charge in [-0.25, -0.2) is 18.4 Å². The fourth-order valence-corrected chi connectivity index (χ4v) is 3.35. The zero-order valence-electron chi connectivity index (χ0n) is 17.9. The fraction of sp³-hybridized carbons (Fsp3) is 0.619. The molecule has 0 bridgehead atoms. The second kappa shape index (κ2) is 10.6. The maximum atomic E-state index is 13.8. The van der Waals surface area contributed by atoms with Gasteiger partial charge in [-0.15, -0.1) is 0 Å². The summed E-state index contributed by atoms with van der Waals surface area (Å²) >= 11 is 0. The summed E-state index contributed by atoms with van der Waals surface area (Å²) in [5, 5.41) is 2.51. The molecule has 7 nitrogen and oxygen atoms in total. The Hall–Kier alpha value is -2.42. The molecule has 0 spiro atoms. The van der Waals surface area contributed by atoms with E-state index in [1.165, 1.54) is 13.2 Å². The Morgan fingerprint density at radius 3 is 2.63 bits per heavy atom. The molecule has 0 radical (unpaired) electrons. The zero-order valence-corrected chi connectivity index (χ0v) is 17.9. The molecular weight excluding hydrogens is 398 g/mol. The highest BCUT2D eigenvalue weighted by Gasteiger charge is 2.33. The van der Waals surface area contributed by atoms with Crippen LogP contribution in [0.3, 0.4) is 0 Å². The predicted octanol–water partition coefficient (Wildman–Crippen LogP) is 4.03. The first-order valence-electron chi connectivity index (χ1n) is 9.97. The van der Waals surface area contributed by atoms with Crippen LogP contribution in [-0.4, -0.2) is 56.0 Å². The average Bonchev–Trinajstić information content (AvgIpc) is 2.69. The number of halogens is 2. The highest BCUT2D eigenvalue weighted by Crippen LogP contribution is 2.34. The normalized spacial score (nSPS) is 17.9. The zero-order chi connectivity index (χ0) is 22.3. The van der Waals surface area contributed by atoms with Crippen molar-refractivity contribution in [2.24, 2.45) is 5.92 Å². The van der Waals surface area contributed by atoms with Gasteiger partial charge in [0.05, 0.1) is 19.8 Å². The van der Waals surface area contributed by atoms with Crippen LogP contribution in [0.25, 0.3) is 0 Å². The number of carbonyl (C=O) groups excluding carboxylic acids is 2. The minimum atomic E-state index is -0.964. The van der Waals surface area contributed by atoms with Crippen LogP contribution in [0.4, 0.5) is 18.4 Å². The van der Waals surface area contributed by atoms with E-state index in [2.05, 4.69) is 10.1 Å². The Labute approximate surface area is 175 Å². The lowest BCUT2D eigenvalue weighted by Gasteiger charge is -2.37. The topological polar surface area (TPSA) is 77.1 Å². The molecule has 1 N–H and O–H groups in total. The van der Waals surface area contributed by atoms with E-state index in [0.29, 0.717) is 18.7 Å². The van der Waals surface area contributed by atoms with Crippen LogP contribution in [-0.2, 0) is 14.2 Å². The van der Waals surface area contributed by atoms with Gasteiger partial charge in [-0.1, -0.05) is 6.07 Å². The molecule has 1 aromatic rings. The largest absolute Gasteiger partial charge is 0.453 e. The van der Waals surface area contributed by atoms with E-state index >= 15 is 0 Å². The van der Waals surface area contributed by atoms with Crippen LogP contribution in [0.2, 0.25) is 0 Å². The van der Waals surface area contributed by atoms with Crippen molar-refractivity contribution in [3.05, 3.63) is 35.4 Å². The number of amides is 2. The Morgan fingerprint density at radius 2 is 2.00 bits per heavy atom. The van der Waals surface area contributed by atoms with Crippen molar-refractivity contribution >= 4 is 12.2 Å². The van der Waals surface area contributed by atoms with Gasteiger partial charge >= 0.3 is 12.2 Å². The van der Waals surface area contributed by atoms with Crippen molar-refractivity contribution in [1.82, 2.24) is 10.2 Å². The van der Waals surface area contributed by atoms with E-state index in [-0.39, 0.29) is 19.1 Å². The summed E-state index contributed by atoms with van der Waals surface area (Å²) in [7, 11) is 1.26. The summed E-state index contributed by atoms with van der Waals surface area (Å²) in [6, 6.07) is 3.64. The molecule has 0 aliphatic carbocycles. The fourth-order valence-electron chi connectivity index (χ4n) is 3.35. The lowest BCUT2D eigenvalue weighted by molar-refractivity contribution is -0.0247. The SMILES string of the molecule is COC(=O)NCCOC(c1ccc(F)c(F)c1)C1CCCN(C(=O)OC(C)(C)C)C1. The molecule has 1 saturated heterocycles. The van der Waals surface area contributed by atoms with Gasteiger partial charge < -0.3 is 24.4 Å². The number of carbonyl (C=O) groups is 2. The first-order chi connectivity index (χ1) is 14.1. The summed E-state index contributed by atoms with van der Waals surface area (Å²) < 4.78 is 43.2.